The molecule has 2 amide bonds. The molecule has 0 spiro atoms. The fraction of sp³-hybridized carbons (Fsp3) is 0.259. The van der Waals surface area contributed by atoms with Gasteiger partial charge in [-0.3, -0.25) is 9.59 Å². The van der Waals surface area contributed by atoms with E-state index in [-0.39, 0.29) is 11.8 Å². The minimum Gasteiger partial charge on any atom is -0.495 e. The predicted molar refractivity (Wildman–Crippen MR) is 132 cm³/mol. The number of methoxy groups -OCH3 is 1. The van der Waals surface area contributed by atoms with Gasteiger partial charge >= 0.3 is 0 Å². The second kappa shape index (κ2) is 10.9. The van der Waals surface area contributed by atoms with Crippen LogP contribution >= 0.6 is 0 Å². The van der Waals surface area contributed by atoms with E-state index in [0.29, 0.717) is 42.3 Å². The second-order valence-corrected chi connectivity index (χ2v) is 8.26. The minimum absolute atomic E-state index is 0.0472. The summed E-state index contributed by atoms with van der Waals surface area (Å²) in [5.41, 5.74) is 2.44. The lowest BCUT2D eigenvalue weighted by atomic mass is 10.1. The molecule has 0 atom stereocenters. The molecule has 0 aromatic heterocycles. The zero-order valence-electron chi connectivity index (χ0n) is 19.5. The molecule has 0 radical (unpaired) electrons. The molecule has 7 heteroatoms. The van der Waals surface area contributed by atoms with Crippen LogP contribution in [0.3, 0.4) is 0 Å². The molecular formula is C27H29N3O4. The number of hydrogen-bond acceptors (Lipinski definition) is 5. The van der Waals surface area contributed by atoms with Gasteiger partial charge in [0.15, 0.2) is 0 Å². The van der Waals surface area contributed by atoms with E-state index in [0.717, 1.165) is 24.4 Å². The number of nitrogens with one attached hydrogen (secondary N) is 1. The first kappa shape index (κ1) is 23.3. The predicted octanol–water partition coefficient (Wildman–Crippen LogP) is 3.91. The molecule has 3 aromatic carbocycles. The zero-order valence-corrected chi connectivity index (χ0v) is 19.5. The van der Waals surface area contributed by atoms with Gasteiger partial charge in [-0.1, -0.05) is 30.3 Å². The first-order chi connectivity index (χ1) is 16.5. The van der Waals surface area contributed by atoms with E-state index < -0.39 is 0 Å². The van der Waals surface area contributed by atoms with Gasteiger partial charge in [-0.2, -0.15) is 0 Å². The van der Waals surface area contributed by atoms with Crippen LogP contribution in [0.25, 0.3) is 0 Å². The van der Waals surface area contributed by atoms with Crippen LogP contribution in [0, 0.1) is 0 Å². The number of para-hydroxylation sites is 1. The van der Waals surface area contributed by atoms with E-state index in [1.807, 2.05) is 54.4 Å². The minimum atomic E-state index is -0.280. The number of benzene rings is 3. The Morgan fingerprint density at radius 1 is 0.882 bits per heavy atom. The monoisotopic (exact) mass is 459 g/mol. The standard InChI is InChI=1S/C27H29N3O4/c1-29-14-16-30(17-15-29)27(32)22-12-13-25(33-2)24(18-22)28-26(31)21-10-8-20(9-11-21)19-34-23-6-4-3-5-7-23/h3-13,18H,14-17,19H2,1-2H3,(H,28,31). The first-order valence-corrected chi connectivity index (χ1v) is 11.3. The number of rotatable bonds is 7. The summed E-state index contributed by atoms with van der Waals surface area (Å²) in [4.78, 5) is 29.9. The van der Waals surface area contributed by atoms with E-state index in [9.17, 15) is 9.59 Å². The van der Waals surface area contributed by atoms with Crippen molar-refractivity contribution in [1.82, 2.24) is 9.80 Å². The molecule has 1 N–H and O–H groups in total. The van der Waals surface area contributed by atoms with Crippen molar-refractivity contribution in [3.8, 4) is 11.5 Å². The van der Waals surface area contributed by atoms with Crippen LogP contribution in [0.4, 0.5) is 5.69 Å². The lowest BCUT2D eigenvalue weighted by Gasteiger charge is -2.32. The van der Waals surface area contributed by atoms with E-state index in [1.165, 1.54) is 7.11 Å². The number of piperazine rings is 1. The molecule has 7 nitrogen and oxygen atoms in total. The lowest BCUT2D eigenvalue weighted by molar-refractivity contribution is 0.0664. The maximum Gasteiger partial charge on any atom is 0.255 e. The summed E-state index contributed by atoms with van der Waals surface area (Å²) in [7, 11) is 3.58. The molecule has 1 aliphatic rings. The van der Waals surface area contributed by atoms with Crippen LogP contribution in [0.1, 0.15) is 26.3 Å². The van der Waals surface area contributed by atoms with Crippen LogP contribution in [0.5, 0.6) is 11.5 Å². The molecule has 0 aliphatic carbocycles. The lowest BCUT2D eigenvalue weighted by Crippen LogP contribution is -2.47. The number of carbonyl (C=O) groups excluding carboxylic acids is 2. The molecule has 1 heterocycles. The summed E-state index contributed by atoms with van der Waals surface area (Å²) in [5, 5.41) is 2.89. The van der Waals surface area contributed by atoms with Crippen molar-refractivity contribution in [3.05, 3.63) is 89.5 Å². The summed E-state index contributed by atoms with van der Waals surface area (Å²) in [6.45, 7) is 3.47. The molecule has 0 bridgehead atoms. The third-order valence-electron chi connectivity index (χ3n) is 5.85. The Bertz CT molecular complexity index is 1120. The van der Waals surface area contributed by atoms with Gasteiger partial charge in [0.1, 0.15) is 18.1 Å². The zero-order chi connectivity index (χ0) is 23.9. The molecule has 34 heavy (non-hydrogen) atoms. The first-order valence-electron chi connectivity index (χ1n) is 11.3. The number of likely N-dealkylation sites (N-methyl/N-ethyl adjacent to an activating group) is 1. The third-order valence-corrected chi connectivity index (χ3v) is 5.85. The summed E-state index contributed by atoms with van der Waals surface area (Å²) in [6.07, 6.45) is 0. The van der Waals surface area contributed by atoms with Gasteiger partial charge in [-0.15, -0.1) is 0 Å². The molecule has 0 unspecified atom stereocenters. The van der Waals surface area contributed by atoms with E-state index in [1.54, 1.807) is 30.3 Å². The van der Waals surface area contributed by atoms with Gasteiger partial charge in [-0.25, -0.2) is 0 Å². The van der Waals surface area contributed by atoms with Gasteiger partial charge in [-0.05, 0) is 55.1 Å². The van der Waals surface area contributed by atoms with Crippen molar-refractivity contribution in [2.24, 2.45) is 0 Å². The highest BCUT2D eigenvalue weighted by atomic mass is 16.5. The number of hydrogen-bond donors (Lipinski definition) is 1. The molecule has 1 aliphatic heterocycles. The van der Waals surface area contributed by atoms with Crippen molar-refractivity contribution in [3.63, 3.8) is 0 Å². The highest BCUT2D eigenvalue weighted by molar-refractivity contribution is 6.06. The Labute approximate surface area is 199 Å². The fourth-order valence-electron chi connectivity index (χ4n) is 3.76. The third kappa shape index (κ3) is 5.74. The van der Waals surface area contributed by atoms with Gasteiger partial charge < -0.3 is 24.6 Å². The van der Waals surface area contributed by atoms with Crippen molar-refractivity contribution < 1.29 is 19.1 Å². The van der Waals surface area contributed by atoms with Crippen LogP contribution < -0.4 is 14.8 Å². The molecule has 176 valence electrons. The molecule has 4 rings (SSSR count). The Morgan fingerprint density at radius 2 is 1.56 bits per heavy atom. The van der Waals surface area contributed by atoms with E-state index >= 15 is 0 Å². The van der Waals surface area contributed by atoms with E-state index in [4.69, 9.17) is 9.47 Å². The van der Waals surface area contributed by atoms with Crippen LogP contribution in [0.15, 0.2) is 72.8 Å². The van der Waals surface area contributed by atoms with Crippen LogP contribution in [-0.4, -0.2) is 62.0 Å². The SMILES string of the molecule is COc1ccc(C(=O)N2CCN(C)CC2)cc1NC(=O)c1ccc(COc2ccccc2)cc1. The number of amides is 2. The van der Waals surface area contributed by atoms with Crippen molar-refractivity contribution in [2.75, 3.05) is 45.7 Å². The maximum absolute atomic E-state index is 13.0. The van der Waals surface area contributed by atoms with Gasteiger partial charge in [0.05, 0.1) is 12.8 Å². The van der Waals surface area contributed by atoms with Crippen LogP contribution in [0.2, 0.25) is 0 Å². The molecule has 1 saturated heterocycles. The fourth-order valence-corrected chi connectivity index (χ4v) is 3.76. The summed E-state index contributed by atoms with van der Waals surface area (Å²) in [6, 6.07) is 21.9. The average molecular weight is 460 g/mol. The number of ether oxygens (including phenoxy) is 2. The van der Waals surface area contributed by atoms with Gasteiger partial charge in [0.25, 0.3) is 11.8 Å². The second-order valence-electron chi connectivity index (χ2n) is 8.26. The van der Waals surface area contributed by atoms with E-state index in [2.05, 4.69) is 10.2 Å². The summed E-state index contributed by atoms with van der Waals surface area (Å²) >= 11 is 0. The Hall–Kier alpha value is -3.84. The van der Waals surface area contributed by atoms with Gasteiger partial charge in [0.2, 0.25) is 0 Å². The maximum atomic E-state index is 13.0. The molecule has 0 saturated carbocycles. The number of anilines is 1. The summed E-state index contributed by atoms with van der Waals surface area (Å²) in [5.74, 6) is 0.964. The molecule has 3 aromatic rings. The number of nitrogens with zero attached hydrogens (tertiary/aromatic N) is 2. The topological polar surface area (TPSA) is 71.1 Å². The van der Waals surface area contributed by atoms with Crippen molar-refractivity contribution >= 4 is 17.5 Å². The highest BCUT2D eigenvalue weighted by Crippen LogP contribution is 2.27. The summed E-state index contributed by atoms with van der Waals surface area (Å²) < 4.78 is 11.2. The Morgan fingerprint density at radius 3 is 2.24 bits per heavy atom. The molecule has 1 fully saturated rings. The average Bonchev–Trinajstić information content (AvgIpc) is 2.88. The largest absolute Gasteiger partial charge is 0.495 e. The smallest absolute Gasteiger partial charge is 0.255 e. The molecular weight excluding hydrogens is 430 g/mol. The van der Waals surface area contributed by atoms with Crippen LogP contribution in [-0.2, 0) is 6.61 Å². The van der Waals surface area contributed by atoms with Crippen molar-refractivity contribution in [2.45, 2.75) is 6.61 Å². The number of carbonyl (C=O) groups is 2. The normalized spacial score (nSPS) is 13.9. The Kier molecular flexibility index (Phi) is 7.44. The quantitative estimate of drug-likeness (QED) is 0.580. The van der Waals surface area contributed by atoms with Crippen molar-refractivity contribution in [1.29, 1.82) is 0 Å². The highest BCUT2D eigenvalue weighted by Gasteiger charge is 2.21. The Balaban J connectivity index is 1.42. The van der Waals surface area contributed by atoms with Gasteiger partial charge in [0, 0.05) is 37.3 Å².